The number of rotatable bonds is 3. The van der Waals surface area contributed by atoms with E-state index in [0.29, 0.717) is 10.3 Å². The Morgan fingerprint density at radius 1 is 1.44 bits per heavy atom. The van der Waals surface area contributed by atoms with E-state index in [2.05, 4.69) is 52.7 Å². The van der Waals surface area contributed by atoms with Gasteiger partial charge < -0.3 is 4.98 Å². The molecular weight excluding hydrogens is 312 g/mol. The molecule has 0 unspecified atom stereocenters. The highest BCUT2D eigenvalue weighted by Crippen LogP contribution is 2.28. The molecule has 0 aromatic carbocycles. The lowest BCUT2D eigenvalue weighted by Crippen LogP contribution is -2.13. The molecule has 3 nitrogen and oxygen atoms in total. The minimum atomic E-state index is -0.105. The molecule has 0 saturated carbocycles. The van der Waals surface area contributed by atoms with Gasteiger partial charge in [0.1, 0.15) is 10.3 Å². The molecule has 0 amide bonds. The number of H-pyrrole nitrogens is 1. The van der Waals surface area contributed by atoms with Crippen LogP contribution in [0.3, 0.4) is 0 Å². The summed E-state index contributed by atoms with van der Waals surface area (Å²) in [5.74, 6) is 0.675. The van der Waals surface area contributed by atoms with Crippen LogP contribution in [0.5, 0.6) is 0 Å². The van der Waals surface area contributed by atoms with E-state index in [1.165, 1.54) is 9.75 Å². The van der Waals surface area contributed by atoms with Crippen LogP contribution in [0.25, 0.3) is 11.4 Å². The van der Waals surface area contributed by atoms with Gasteiger partial charge in [-0.2, -0.15) is 0 Å². The van der Waals surface area contributed by atoms with E-state index in [0.717, 1.165) is 24.1 Å². The third kappa shape index (κ3) is 2.57. The third-order valence-corrected chi connectivity index (χ3v) is 4.50. The van der Waals surface area contributed by atoms with Crippen molar-refractivity contribution in [3.63, 3.8) is 0 Å². The van der Waals surface area contributed by atoms with Gasteiger partial charge in [0.25, 0.3) is 5.56 Å². The topological polar surface area (TPSA) is 45.8 Å². The van der Waals surface area contributed by atoms with Crippen LogP contribution >= 0.6 is 27.3 Å². The van der Waals surface area contributed by atoms with Crippen molar-refractivity contribution in [3.05, 3.63) is 36.3 Å². The molecule has 2 aromatic rings. The number of aromatic nitrogens is 2. The molecule has 0 spiro atoms. The molecule has 0 aliphatic heterocycles. The minimum Gasteiger partial charge on any atom is -0.306 e. The largest absolute Gasteiger partial charge is 0.306 e. The highest BCUT2D eigenvalue weighted by atomic mass is 79.9. The Morgan fingerprint density at radius 2 is 2.17 bits per heavy atom. The normalized spacial score (nSPS) is 10.9. The monoisotopic (exact) mass is 326 g/mol. The van der Waals surface area contributed by atoms with Gasteiger partial charge in [-0.1, -0.05) is 13.3 Å². The van der Waals surface area contributed by atoms with E-state index in [1.807, 2.05) is 0 Å². The molecule has 96 valence electrons. The van der Waals surface area contributed by atoms with E-state index in [9.17, 15) is 4.79 Å². The SMILES string of the molecule is CCCc1nc(-c2cc(C)sc2C)[nH]c(=O)c1Br. The van der Waals surface area contributed by atoms with Crippen LogP contribution in [0.15, 0.2) is 15.3 Å². The van der Waals surface area contributed by atoms with Crippen molar-refractivity contribution in [3.8, 4) is 11.4 Å². The number of thiophene rings is 1. The third-order valence-electron chi connectivity index (χ3n) is 2.71. The second-order valence-corrected chi connectivity index (χ2v) is 6.51. The molecule has 1 N–H and O–H groups in total. The molecule has 0 saturated heterocycles. The summed E-state index contributed by atoms with van der Waals surface area (Å²) in [4.78, 5) is 21.7. The zero-order valence-electron chi connectivity index (χ0n) is 10.6. The lowest BCUT2D eigenvalue weighted by Gasteiger charge is -2.05. The molecule has 2 aromatic heterocycles. The smallest absolute Gasteiger partial charge is 0.265 e. The summed E-state index contributed by atoms with van der Waals surface area (Å²) in [5.41, 5.74) is 1.76. The number of hydrogen-bond acceptors (Lipinski definition) is 3. The molecule has 2 heterocycles. The maximum absolute atomic E-state index is 11.9. The molecular formula is C13H15BrN2OS. The standard InChI is InChI=1S/C13H15BrN2OS/c1-4-5-10-11(14)13(17)16-12(15-10)9-6-7(2)18-8(9)3/h6H,4-5H2,1-3H3,(H,15,16,17). The van der Waals surface area contributed by atoms with Gasteiger partial charge in [0.05, 0.1) is 5.69 Å². The van der Waals surface area contributed by atoms with Crippen molar-refractivity contribution < 1.29 is 0 Å². The van der Waals surface area contributed by atoms with Gasteiger partial charge in [-0.3, -0.25) is 4.79 Å². The summed E-state index contributed by atoms with van der Waals surface area (Å²) in [7, 11) is 0. The van der Waals surface area contributed by atoms with Crippen molar-refractivity contribution in [2.75, 3.05) is 0 Å². The number of aryl methyl sites for hydroxylation is 3. The summed E-state index contributed by atoms with van der Waals surface area (Å²) in [5, 5.41) is 0. The fourth-order valence-corrected chi connectivity index (χ4v) is 3.21. The van der Waals surface area contributed by atoms with Crippen molar-refractivity contribution in [1.29, 1.82) is 0 Å². The summed E-state index contributed by atoms with van der Waals surface area (Å²) in [6.45, 7) is 6.19. The predicted molar refractivity (Wildman–Crippen MR) is 79.3 cm³/mol. The van der Waals surface area contributed by atoms with Gasteiger partial charge in [-0.25, -0.2) is 4.98 Å². The first-order valence-electron chi connectivity index (χ1n) is 5.89. The first-order chi connectivity index (χ1) is 8.52. The van der Waals surface area contributed by atoms with Gasteiger partial charge in [-0.05, 0) is 42.3 Å². The maximum Gasteiger partial charge on any atom is 0.265 e. The Hall–Kier alpha value is -0.940. The number of aromatic amines is 1. The first-order valence-corrected chi connectivity index (χ1v) is 7.50. The van der Waals surface area contributed by atoms with Crippen molar-refractivity contribution in [2.45, 2.75) is 33.6 Å². The van der Waals surface area contributed by atoms with Crippen LogP contribution in [0.2, 0.25) is 0 Å². The van der Waals surface area contributed by atoms with Gasteiger partial charge in [0.2, 0.25) is 0 Å². The summed E-state index contributed by atoms with van der Waals surface area (Å²) < 4.78 is 0.553. The number of halogens is 1. The Bertz CT molecular complexity index is 630. The molecule has 0 bridgehead atoms. The summed E-state index contributed by atoms with van der Waals surface area (Å²) >= 11 is 5.03. The molecule has 0 fully saturated rings. The van der Waals surface area contributed by atoms with E-state index in [4.69, 9.17) is 0 Å². The van der Waals surface area contributed by atoms with Crippen LogP contribution in [0, 0.1) is 13.8 Å². The Labute approximate surface area is 118 Å². The van der Waals surface area contributed by atoms with Crippen molar-refractivity contribution in [2.24, 2.45) is 0 Å². The molecule has 0 aliphatic carbocycles. The Kier molecular flexibility index (Phi) is 4.02. The molecule has 0 radical (unpaired) electrons. The second-order valence-electron chi connectivity index (χ2n) is 4.25. The molecule has 18 heavy (non-hydrogen) atoms. The van der Waals surface area contributed by atoms with Crippen molar-refractivity contribution in [1.82, 2.24) is 9.97 Å². The van der Waals surface area contributed by atoms with Gasteiger partial charge in [0.15, 0.2) is 0 Å². The van der Waals surface area contributed by atoms with Crippen LogP contribution < -0.4 is 5.56 Å². The van der Waals surface area contributed by atoms with Crippen LogP contribution in [0.1, 0.15) is 28.8 Å². The van der Waals surface area contributed by atoms with Gasteiger partial charge in [-0.15, -0.1) is 11.3 Å². The van der Waals surface area contributed by atoms with E-state index >= 15 is 0 Å². The van der Waals surface area contributed by atoms with E-state index in [-0.39, 0.29) is 5.56 Å². The van der Waals surface area contributed by atoms with Gasteiger partial charge in [0, 0.05) is 15.3 Å². The fourth-order valence-electron chi connectivity index (χ4n) is 1.90. The van der Waals surface area contributed by atoms with E-state index < -0.39 is 0 Å². The van der Waals surface area contributed by atoms with Crippen LogP contribution in [-0.4, -0.2) is 9.97 Å². The zero-order chi connectivity index (χ0) is 13.3. The quantitative estimate of drug-likeness (QED) is 0.931. The Morgan fingerprint density at radius 3 is 2.72 bits per heavy atom. The van der Waals surface area contributed by atoms with Crippen molar-refractivity contribution >= 4 is 27.3 Å². The van der Waals surface area contributed by atoms with Crippen LogP contribution in [-0.2, 0) is 6.42 Å². The van der Waals surface area contributed by atoms with Crippen LogP contribution in [0.4, 0.5) is 0 Å². The van der Waals surface area contributed by atoms with Gasteiger partial charge >= 0.3 is 0 Å². The Balaban J connectivity index is 2.59. The lowest BCUT2D eigenvalue weighted by molar-refractivity contribution is 0.861. The minimum absolute atomic E-state index is 0.105. The number of hydrogen-bond donors (Lipinski definition) is 1. The fraction of sp³-hybridized carbons (Fsp3) is 0.385. The number of nitrogens with one attached hydrogen (secondary N) is 1. The summed E-state index contributed by atoms with van der Waals surface area (Å²) in [6, 6.07) is 2.07. The molecule has 2 rings (SSSR count). The average Bonchev–Trinajstić information content (AvgIpc) is 2.64. The second kappa shape index (κ2) is 5.36. The highest BCUT2D eigenvalue weighted by molar-refractivity contribution is 9.10. The van der Waals surface area contributed by atoms with E-state index in [1.54, 1.807) is 11.3 Å². The molecule has 0 atom stereocenters. The zero-order valence-corrected chi connectivity index (χ0v) is 13.0. The number of nitrogens with zero attached hydrogens (tertiary/aromatic N) is 1. The molecule has 0 aliphatic rings. The maximum atomic E-state index is 11.9. The molecule has 5 heteroatoms. The average molecular weight is 327 g/mol. The summed E-state index contributed by atoms with van der Waals surface area (Å²) in [6.07, 6.45) is 1.77. The lowest BCUT2D eigenvalue weighted by atomic mass is 10.2. The first kappa shape index (κ1) is 13.5. The predicted octanol–water partition coefficient (Wildman–Crippen LogP) is 3.83. The highest BCUT2D eigenvalue weighted by Gasteiger charge is 2.12.